The number of para-hydroxylation sites is 2. The third-order valence-electron chi connectivity index (χ3n) is 18.2. The second-order valence-corrected chi connectivity index (χ2v) is 22.1. The van der Waals surface area contributed by atoms with Gasteiger partial charge in [-0.25, -0.2) is 0 Å². The van der Waals surface area contributed by atoms with E-state index in [-0.39, 0.29) is 5.41 Å². The van der Waals surface area contributed by atoms with E-state index in [1.807, 2.05) is 0 Å². The van der Waals surface area contributed by atoms with Gasteiger partial charge in [-0.05, 0) is 207 Å². The van der Waals surface area contributed by atoms with Crippen molar-refractivity contribution in [2.75, 3.05) is 9.80 Å². The van der Waals surface area contributed by atoms with Crippen LogP contribution in [-0.2, 0) is 10.8 Å². The average Bonchev–Trinajstić information content (AvgIpc) is 3.95. The predicted octanol–water partition coefficient (Wildman–Crippen LogP) is 17.8. The Kier molecular flexibility index (Phi) is 8.69. The molecule has 0 aliphatic heterocycles. The van der Waals surface area contributed by atoms with Gasteiger partial charge >= 0.3 is 0 Å². The molecule has 9 aromatic carbocycles. The molecule has 2 nitrogen and oxygen atoms in total. The van der Waals surface area contributed by atoms with Crippen molar-refractivity contribution in [2.24, 2.45) is 23.7 Å². The molecule has 4 saturated carbocycles. The Bertz CT molecular complexity index is 3530. The van der Waals surface area contributed by atoms with E-state index < -0.39 is 5.41 Å². The van der Waals surface area contributed by atoms with E-state index in [1.165, 1.54) is 122 Å². The molecule has 2 heteroatoms. The molecule has 7 aliphatic carbocycles. The number of rotatable bonds is 7. The normalized spacial score (nSPS) is 23.0. The summed E-state index contributed by atoms with van der Waals surface area (Å²) in [6.45, 7) is 4.76. The van der Waals surface area contributed by atoms with Gasteiger partial charge in [-0.1, -0.05) is 153 Å². The van der Waals surface area contributed by atoms with E-state index in [9.17, 15) is 0 Å². The van der Waals surface area contributed by atoms with E-state index in [0.29, 0.717) is 5.92 Å². The largest absolute Gasteiger partial charge is 0.310 e. The van der Waals surface area contributed by atoms with Crippen LogP contribution in [0, 0.1) is 23.7 Å². The van der Waals surface area contributed by atoms with Gasteiger partial charge in [0.05, 0.1) is 5.41 Å². The summed E-state index contributed by atoms with van der Waals surface area (Å²) >= 11 is 0. The third-order valence-corrected chi connectivity index (χ3v) is 18.2. The maximum atomic E-state index is 2.57. The summed E-state index contributed by atoms with van der Waals surface area (Å²) in [5.41, 5.74) is 24.0. The molecule has 338 valence electrons. The van der Waals surface area contributed by atoms with Gasteiger partial charge in [0, 0.05) is 39.5 Å². The van der Waals surface area contributed by atoms with Crippen LogP contribution in [0.5, 0.6) is 0 Å². The van der Waals surface area contributed by atoms with E-state index in [4.69, 9.17) is 0 Å². The average molecular weight is 901 g/mol. The quantitative estimate of drug-likeness (QED) is 0.157. The second-order valence-electron chi connectivity index (χ2n) is 22.1. The van der Waals surface area contributed by atoms with Gasteiger partial charge in [0.15, 0.2) is 0 Å². The van der Waals surface area contributed by atoms with Crippen molar-refractivity contribution >= 4 is 34.1 Å². The van der Waals surface area contributed by atoms with Crippen LogP contribution in [0.15, 0.2) is 212 Å². The van der Waals surface area contributed by atoms with Crippen molar-refractivity contribution in [3.05, 3.63) is 251 Å². The maximum absolute atomic E-state index is 2.57. The van der Waals surface area contributed by atoms with Gasteiger partial charge in [0.1, 0.15) is 0 Å². The Balaban J connectivity index is 0.921. The first-order valence-electron chi connectivity index (χ1n) is 26.0. The van der Waals surface area contributed by atoms with Gasteiger partial charge in [-0.3, -0.25) is 0 Å². The first-order chi connectivity index (χ1) is 34.4. The number of hydrogen-bond donors (Lipinski definition) is 0. The summed E-state index contributed by atoms with van der Waals surface area (Å²) in [5.74, 6) is 4.23. The summed E-state index contributed by atoms with van der Waals surface area (Å²) in [4.78, 5) is 5.03. The molecular weight excluding hydrogens is 845 g/mol. The Morgan fingerprint density at radius 1 is 0.314 bits per heavy atom. The molecule has 1 unspecified atom stereocenters. The number of hydrogen-bond acceptors (Lipinski definition) is 2. The lowest BCUT2D eigenvalue weighted by Crippen LogP contribution is -2.43. The van der Waals surface area contributed by atoms with Crippen molar-refractivity contribution in [1.29, 1.82) is 0 Å². The first kappa shape index (κ1) is 40.5. The summed E-state index contributed by atoms with van der Waals surface area (Å²) in [7, 11) is 0. The molecule has 16 rings (SSSR count). The van der Waals surface area contributed by atoms with E-state index >= 15 is 0 Å². The molecule has 0 N–H and O–H groups in total. The summed E-state index contributed by atoms with van der Waals surface area (Å²) < 4.78 is 0. The molecule has 1 atom stereocenters. The van der Waals surface area contributed by atoms with Crippen molar-refractivity contribution in [2.45, 2.75) is 62.7 Å². The molecule has 9 aromatic rings. The van der Waals surface area contributed by atoms with Crippen LogP contribution in [0.3, 0.4) is 0 Å². The van der Waals surface area contributed by atoms with Crippen LogP contribution in [0.2, 0.25) is 0 Å². The number of nitrogens with zero attached hydrogens (tertiary/aromatic N) is 2. The molecule has 1 spiro atoms. The molecule has 0 amide bonds. The molecule has 4 bridgehead atoms. The van der Waals surface area contributed by atoms with Gasteiger partial charge in [-0.15, -0.1) is 0 Å². The molecule has 7 aliphatic rings. The van der Waals surface area contributed by atoms with Crippen LogP contribution in [-0.4, -0.2) is 0 Å². The second kappa shape index (κ2) is 15.0. The summed E-state index contributed by atoms with van der Waals surface area (Å²) in [5, 5.41) is 0. The third kappa shape index (κ3) is 5.68. The summed E-state index contributed by atoms with van der Waals surface area (Å²) in [6, 6.07) is 81.1. The number of fused-ring (bicyclic) bond motifs is 13. The molecule has 0 aromatic heterocycles. The highest BCUT2D eigenvalue weighted by atomic mass is 15.1. The highest BCUT2D eigenvalue weighted by Crippen LogP contribution is 2.65. The minimum Gasteiger partial charge on any atom is -0.310 e. The monoisotopic (exact) mass is 900 g/mol. The lowest BCUT2D eigenvalue weighted by atomic mass is 9.51. The van der Waals surface area contributed by atoms with E-state index in [0.717, 1.165) is 35.0 Å². The summed E-state index contributed by atoms with van der Waals surface area (Å²) in [6.07, 6.45) is 7.17. The molecule has 4 fully saturated rings. The Hall–Kier alpha value is -7.42. The fourth-order valence-corrected chi connectivity index (χ4v) is 15.6. The van der Waals surface area contributed by atoms with Crippen LogP contribution in [0.25, 0.3) is 33.4 Å². The SMILES string of the molecule is CC1(C)c2ccccc2-c2ccc(N(c3ccccc3)c3ccc4c(c3)C3(c5ccccc5-c5ccc(N(c6ccccc6)c6cccc(C7[C@H]8C[C@@H]9C[C@@H](C[C@@H]7C9)C8)c6)cc53)c3ccccc3-4)cc21. The highest BCUT2D eigenvalue weighted by molar-refractivity contribution is 5.98. The van der Waals surface area contributed by atoms with Gasteiger partial charge in [0.25, 0.3) is 0 Å². The number of anilines is 6. The maximum Gasteiger partial charge on any atom is 0.0727 e. The van der Waals surface area contributed by atoms with Gasteiger partial charge < -0.3 is 9.80 Å². The number of benzene rings is 9. The topological polar surface area (TPSA) is 6.48 Å². The minimum absolute atomic E-state index is 0.118. The fourth-order valence-electron chi connectivity index (χ4n) is 15.6. The van der Waals surface area contributed by atoms with E-state index in [1.54, 1.807) is 5.56 Å². The zero-order valence-electron chi connectivity index (χ0n) is 40.0. The van der Waals surface area contributed by atoms with Gasteiger partial charge in [-0.2, -0.15) is 0 Å². The van der Waals surface area contributed by atoms with Crippen molar-refractivity contribution in [1.82, 2.24) is 0 Å². The first-order valence-corrected chi connectivity index (χ1v) is 26.0. The van der Waals surface area contributed by atoms with E-state index in [2.05, 4.69) is 236 Å². The zero-order chi connectivity index (χ0) is 46.3. The lowest BCUT2D eigenvalue weighted by Gasteiger charge is -2.54. The Morgan fingerprint density at radius 3 is 1.21 bits per heavy atom. The van der Waals surface area contributed by atoms with Crippen LogP contribution < -0.4 is 9.80 Å². The molecule has 0 heterocycles. The van der Waals surface area contributed by atoms with Crippen LogP contribution >= 0.6 is 0 Å². The fraction of sp³-hybridized carbons (Fsp3) is 0.206. The lowest BCUT2D eigenvalue weighted by molar-refractivity contribution is -0.00276. The molecule has 70 heavy (non-hydrogen) atoms. The standard InChI is InChI=1S/C68H56N2/c1-67(2)60-25-12-9-22-54(60)57-31-28-51(40-63(57)67)70(49-19-7-4-8-20-49)53-30-33-59-56-24-11-14-27-62(56)68(65(59)42-53)61-26-13-10-23-55(61)58-32-29-52(41-64(58)68)69(48-17-5-3-6-18-48)50-21-15-16-45(39-50)66-46-35-43-34-44(37-46)38-47(66)36-43/h3-33,39-44,46-47,66H,34-38H2,1-2H3/t43-,44+,46-,47-,66?,68?. The minimum atomic E-state index is -0.543. The Labute approximate surface area is 412 Å². The Morgan fingerprint density at radius 2 is 0.700 bits per heavy atom. The van der Waals surface area contributed by atoms with Gasteiger partial charge in [0.2, 0.25) is 0 Å². The zero-order valence-corrected chi connectivity index (χ0v) is 40.0. The molecular formula is C68H56N2. The highest BCUT2D eigenvalue weighted by Gasteiger charge is 2.53. The van der Waals surface area contributed by atoms with Crippen molar-refractivity contribution in [3.8, 4) is 33.4 Å². The molecule has 0 saturated heterocycles. The van der Waals surface area contributed by atoms with Crippen LogP contribution in [0.4, 0.5) is 34.1 Å². The van der Waals surface area contributed by atoms with Crippen molar-refractivity contribution in [3.63, 3.8) is 0 Å². The van der Waals surface area contributed by atoms with Crippen LogP contribution in [0.1, 0.15) is 90.8 Å². The smallest absolute Gasteiger partial charge is 0.0727 e. The molecule has 0 radical (unpaired) electrons. The van der Waals surface area contributed by atoms with Crippen molar-refractivity contribution < 1.29 is 0 Å². The predicted molar refractivity (Wildman–Crippen MR) is 289 cm³/mol.